The van der Waals surface area contributed by atoms with Crippen molar-refractivity contribution in [2.24, 2.45) is 0 Å². The number of ketones is 1. The number of halogens is 2. The highest BCUT2D eigenvalue weighted by Gasteiger charge is 2.28. The van der Waals surface area contributed by atoms with Crippen LogP contribution in [0.15, 0.2) is 28.7 Å². The van der Waals surface area contributed by atoms with Gasteiger partial charge in [-0.3, -0.25) is 4.79 Å². The summed E-state index contributed by atoms with van der Waals surface area (Å²) in [7, 11) is 2.12. The van der Waals surface area contributed by atoms with E-state index in [1.807, 2.05) is 24.3 Å². The van der Waals surface area contributed by atoms with E-state index in [0.29, 0.717) is 6.54 Å². The minimum Gasteiger partial charge on any atom is -1.00 e. The lowest BCUT2D eigenvalue weighted by Gasteiger charge is -2.36. The highest BCUT2D eigenvalue weighted by atomic mass is 79.9. The van der Waals surface area contributed by atoms with Crippen molar-refractivity contribution in [2.75, 3.05) is 39.9 Å². The molecule has 1 aliphatic heterocycles. The highest BCUT2D eigenvalue weighted by molar-refractivity contribution is 9.10. The van der Waals surface area contributed by atoms with Crippen LogP contribution < -0.4 is 17.0 Å². The van der Waals surface area contributed by atoms with Crippen LogP contribution in [0.1, 0.15) is 10.4 Å². The van der Waals surface area contributed by atoms with Crippen molar-refractivity contribution in [2.45, 2.75) is 0 Å². The zero-order chi connectivity index (χ0) is 12.3. The van der Waals surface area contributed by atoms with E-state index < -0.39 is 0 Å². The van der Waals surface area contributed by atoms with Crippen LogP contribution in [0.4, 0.5) is 0 Å². The van der Waals surface area contributed by atoms with Gasteiger partial charge in [0.1, 0.15) is 19.6 Å². The van der Waals surface area contributed by atoms with Crippen molar-refractivity contribution < 1.29 is 31.0 Å². The Balaban J connectivity index is 0.00000162. The zero-order valence-electron chi connectivity index (χ0n) is 10.4. The lowest BCUT2D eigenvalue weighted by molar-refractivity contribution is -0.908. The average molecular weight is 379 g/mol. The molecule has 18 heavy (non-hydrogen) atoms. The van der Waals surface area contributed by atoms with E-state index in [1.165, 1.54) is 0 Å². The predicted octanol–water partition coefficient (Wildman–Crippen LogP) is -0.887. The first-order chi connectivity index (χ1) is 8.09. The number of carbonyl (C=O) groups is 1. The fourth-order valence-electron chi connectivity index (χ4n) is 2.02. The van der Waals surface area contributed by atoms with Gasteiger partial charge in [0, 0.05) is 10.0 Å². The van der Waals surface area contributed by atoms with E-state index in [1.54, 1.807) is 0 Å². The molecule has 1 aromatic rings. The van der Waals surface area contributed by atoms with Crippen LogP contribution in [-0.4, -0.2) is 50.2 Å². The molecular formula is C13H17Br2NO2. The van der Waals surface area contributed by atoms with Gasteiger partial charge in [-0.05, 0) is 12.1 Å². The fourth-order valence-corrected chi connectivity index (χ4v) is 2.28. The molecule has 3 nitrogen and oxygen atoms in total. The Hall–Kier alpha value is -0.230. The maximum Gasteiger partial charge on any atom is 0.216 e. The molecule has 1 saturated heterocycles. The first-order valence-electron chi connectivity index (χ1n) is 5.79. The molecule has 2 rings (SSSR count). The molecule has 0 radical (unpaired) electrons. The summed E-state index contributed by atoms with van der Waals surface area (Å²) in [6.07, 6.45) is 0. The summed E-state index contributed by atoms with van der Waals surface area (Å²) in [6.45, 7) is 3.91. The number of hydrogen-bond donors (Lipinski definition) is 0. The van der Waals surface area contributed by atoms with Gasteiger partial charge in [0.15, 0.2) is 0 Å². The second-order valence-corrected chi connectivity index (χ2v) is 5.68. The number of likely N-dealkylation sites (N-methyl/N-ethyl adjacent to an activating group) is 1. The van der Waals surface area contributed by atoms with Crippen LogP contribution in [0.2, 0.25) is 0 Å². The first-order valence-corrected chi connectivity index (χ1v) is 6.58. The molecule has 0 aliphatic carbocycles. The minimum atomic E-state index is 0. The largest absolute Gasteiger partial charge is 1.00 e. The fraction of sp³-hybridized carbons (Fsp3) is 0.462. The minimum absolute atomic E-state index is 0. The van der Waals surface area contributed by atoms with Crippen LogP contribution in [0, 0.1) is 0 Å². The molecule has 0 aromatic heterocycles. The van der Waals surface area contributed by atoms with Gasteiger partial charge in [-0.1, -0.05) is 28.1 Å². The standard InChI is InChI=1S/C13H17BrNO2.BrH/c1-15(6-8-17-9-7-15)10-13(16)11-2-4-12(14)5-3-11;/h2-5H,6-10H2,1H3;1H/q+1;/p-1. The predicted molar refractivity (Wildman–Crippen MR) is 70.1 cm³/mol. The van der Waals surface area contributed by atoms with Crippen molar-refractivity contribution >= 4 is 21.7 Å². The summed E-state index contributed by atoms with van der Waals surface area (Å²) in [5.41, 5.74) is 0.791. The molecule has 1 aromatic carbocycles. The third-order valence-corrected chi connectivity index (χ3v) is 3.77. The summed E-state index contributed by atoms with van der Waals surface area (Å²) in [5.74, 6) is 0.210. The summed E-state index contributed by atoms with van der Waals surface area (Å²) in [5, 5.41) is 0. The van der Waals surface area contributed by atoms with Crippen molar-refractivity contribution in [1.29, 1.82) is 0 Å². The number of Topliss-reactive ketones (excluding diaryl/α,β-unsaturated/α-hetero) is 1. The third-order valence-electron chi connectivity index (χ3n) is 3.24. The Morgan fingerprint density at radius 1 is 1.28 bits per heavy atom. The van der Waals surface area contributed by atoms with Crippen molar-refractivity contribution in [3.8, 4) is 0 Å². The molecule has 100 valence electrons. The van der Waals surface area contributed by atoms with E-state index in [0.717, 1.165) is 40.8 Å². The van der Waals surface area contributed by atoms with Gasteiger partial charge in [-0.25, -0.2) is 0 Å². The molecule has 5 heteroatoms. The number of hydrogen-bond acceptors (Lipinski definition) is 2. The molecule has 0 N–H and O–H groups in total. The highest BCUT2D eigenvalue weighted by Crippen LogP contribution is 2.14. The molecular weight excluding hydrogens is 362 g/mol. The van der Waals surface area contributed by atoms with E-state index >= 15 is 0 Å². The van der Waals surface area contributed by atoms with E-state index in [4.69, 9.17) is 4.74 Å². The van der Waals surface area contributed by atoms with E-state index in [-0.39, 0.29) is 22.8 Å². The van der Waals surface area contributed by atoms with Gasteiger partial charge in [0.05, 0.1) is 20.3 Å². The molecule has 0 unspecified atom stereocenters. The van der Waals surface area contributed by atoms with Crippen molar-refractivity contribution in [1.82, 2.24) is 0 Å². The smallest absolute Gasteiger partial charge is 0.216 e. The van der Waals surface area contributed by atoms with Gasteiger partial charge in [-0.15, -0.1) is 0 Å². The van der Waals surface area contributed by atoms with Crippen LogP contribution in [0.3, 0.4) is 0 Å². The number of nitrogens with zero attached hydrogens (tertiary/aromatic N) is 1. The van der Waals surface area contributed by atoms with Gasteiger partial charge >= 0.3 is 0 Å². The third kappa shape index (κ3) is 4.16. The van der Waals surface area contributed by atoms with Crippen LogP contribution in [0.5, 0.6) is 0 Å². The number of morpholine rings is 1. The normalized spacial score (nSPS) is 17.9. The van der Waals surface area contributed by atoms with Gasteiger partial charge in [-0.2, -0.15) is 0 Å². The van der Waals surface area contributed by atoms with Crippen molar-refractivity contribution in [3.63, 3.8) is 0 Å². The molecule has 0 saturated carbocycles. The maximum atomic E-state index is 12.2. The summed E-state index contributed by atoms with van der Waals surface area (Å²) in [4.78, 5) is 12.2. The van der Waals surface area contributed by atoms with Gasteiger partial charge in [0.2, 0.25) is 5.78 Å². The molecule has 1 heterocycles. The first kappa shape index (κ1) is 15.8. The molecule has 0 amide bonds. The Labute approximate surface area is 127 Å². The second kappa shape index (κ2) is 6.80. The number of benzene rings is 1. The Morgan fingerprint density at radius 2 is 1.83 bits per heavy atom. The van der Waals surface area contributed by atoms with Crippen molar-refractivity contribution in [3.05, 3.63) is 34.3 Å². The Kier molecular flexibility index (Phi) is 5.98. The summed E-state index contributed by atoms with van der Waals surface area (Å²) in [6, 6.07) is 7.57. The quantitative estimate of drug-likeness (QED) is 0.504. The molecule has 1 fully saturated rings. The van der Waals surface area contributed by atoms with E-state index in [2.05, 4.69) is 23.0 Å². The molecule has 0 spiro atoms. The van der Waals surface area contributed by atoms with Gasteiger partial charge in [0.25, 0.3) is 0 Å². The number of ether oxygens (including phenoxy) is 1. The van der Waals surface area contributed by atoms with Crippen LogP contribution >= 0.6 is 15.9 Å². The van der Waals surface area contributed by atoms with Gasteiger partial charge < -0.3 is 26.2 Å². The average Bonchev–Trinajstić information content (AvgIpc) is 2.30. The lowest BCUT2D eigenvalue weighted by atomic mass is 10.1. The monoisotopic (exact) mass is 377 g/mol. The maximum absolute atomic E-state index is 12.2. The summed E-state index contributed by atoms with van der Waals surface area (Å²) >= 11 is 3.37. The summed E-state index contributed by atoms with van der Waals surface area (Å²) < 4.78 is 7.12. The molecule has 1 aliphatic rings. The Bertz CT molecular complexity index is 400. The molecule has 0 atom stereocenters. The lowest BCUT2D eigenvalue weighted by Crippen LogP contribution is -3.00. The topological polar surface area (TPSA) is 26.3 Å². The number of quaternary nitrogens is 1. The zero-order valence-corrected chi connectivity index (χ0v) is 13.5. The van der Waals surface area contributed by atoms with Crippen LogP contribution in [0.25, 0.3) is 0 Å². The Morgan fingerprint density at radius 3 is 2.39 bits per heavy atom. The number of rotatable bonds is 3. The second-order valence-electron chi connectivity index (χ2n) is 4.77. The molecule has 0 bridgehead atoms. The van der Waals surface area contributed by atoms with E-state index in [9.17, 15) is 4.79 Å². The van der Waals surface area contributed by atoms with Crippen LogP contribution in [-0.2, 0) is 4.74 Å². The number of carbonyl (C=O) groups excluding carboxylic acids is 1. The SMILES string of the molecule is C[N+]1(CC(=O)c2ccc(Br)cc2)CCOCC1.[Br-].